The average molecular weight is 266 g/mol. The van der Waals surface area contributed by atoms with Crippen LogP contribution in [-0.4, -0.2) is 45.1 Å². The molecule has 19 heavy (non-hydrogen) atoms. The quantitative estimate of drug-likeness (QED) is 0.731. The van der Waals surface area contributed by atoms with Gasteiger partial charge in [-0.05, 0) is 17.7 Å². The molecular weight excluding hydrogens is 248 g/mol. The maximum absolute atomic E-state index is 10.9. The molecule has 0 spiro atoms. The van der Waals surface area contributed by atoms with Crippen LogP contribution in [0.25, 0.3) is 0 Å². The van der Waals surface area contributed by atoms with Gasteiger partial charge in [0.15, 0.2) is 0 Å². The van der Waals surface area contributed by atoms with Crippen molar-refractivity contribution in [1.29, 1.82) is 0 Å². The van der Waals surface area contributed by atoms with E-state index in [-0.39, 0.29) is 6.42 Å². The highest BCUT2D eigenvalue weighted by Gasteiger charge is 2.17. The summed E-state index contributed by atoms with van der Waals surface area (Å²) >= 11 is 0. The van der Waals surface area contributed by atoms with Crippen LogP contribution < -0.4 is 0 Å². The van der Waals surface area contributed by atoms with Gasteiger partial charge in [-0.2, -0.15) is 0 Å². The van der Waals surface area contributed by atoms with Gasteiger partial charge in [-0.25, -0.2) is 0 Å². The fraction of sp³-hybridized carbons (Fsp3) is 0.462. The lowest BCUT2D eigenvalue weighted by molar-refractivity contribution is -0.141. The Balaban J connectivity index is 2.63. The summed E-state index contributed by atoms with van der Waals surface area (Å²) in [6, 6.07) is 3.67. The molecule has 0 aliphatic carbocycles. The molecule has 6 heteroatoms. The molecule has 0 radical (unpaired) electrons. The SMILES string of the molecule is CC(CN(CCC(=O)O)Cc1ccncc1)C(=O)O. The number of aromatic nitrogens is 1. The van der Waals surface area contributed by atoms with Gasteiger partial charge in [-0.1, -0.05) is 6.92 Å². The fourth-order valence-electron chi connectivity index (χ4n) is 1.70. The summed E-state index contributed by atoms with van der Waals surface area (Å²) < 4.78 is 0. The van der Waals surface area contributed by atoms with Crippen LogP contribution in [0.1, 0.15) is 18.9 Å². The van der Waals surface area contributed by atoms with Crippen molar-refractivity contribution < 1.29 is 19.8 Å². The molecule has 1 aromatic heterocycles. The smallest absolute Gasteiger partial charge is 0.307 e. The Labute approximate surface area is 111 Å². The monoisotopic (exact) mass is 266 g/mol. The third-order valence-corrected chi connectivity index (χ3v) is 2.75. The van der Waals surface area contributed by atoms with E-state index in [1.165, 1.54) is 0 Å². The van der Waals surface area contributed by atoms with Gasteiger partial charge in [0.2, 0.25) is 0 Å². The molecule has 104 valence electrons. The number of aliphatic carboxylic acids is 2. The van der Waals surface area contributed by atoms with Gasteiger partial charge in [0, 0.05) is 32.0 Å². The molecular formula is C13H18N2O4. The van der Waals surface area contributed by atoms with E-state index in [1.807, 2.05) is 17.0 Å². The fourth-order valence-corrected chi connectivity index (χ4v) is 1.70. The minimum atomic E-state index is -0.886. The third kappa shape index (κ3) is 5.96. The molecule has 0 aliphatic rings. The maximum Gasteiger partial charge on any atom is 0.307 e. The van der Waals surface area contributed by atoms with Crippen molar-refractivity contribution in [3.63, 3.8) is 0 Å². The van der Waals surface area contributed by atoms with Gasteiger partial charge in [0.25, 0.3) is 0 Å². The van der Waals surface area contributed by atoms with Crippen molar-refractivity contribution in [2.75, 3.05) is 13.1 Å². The van der Waals surface area contributed by atoms with Gasteiger partial charge >= 0.3 is 11.9 Å². The summed E-state index contributed by atoms with van der Waals surface area (Å²) in [5, 5.41) is 17.6. The van der Waals surface area contributed by atoms with Gasteiger partial charge in [-0.3, -0.25) is 19.5 Å². The molecule has 0 saturated carbocycles. The van der Waals surface area contributed by atoms with Crippen molar-refractivity contribution in [1.82, 2.24) is 9.88 Å². The highest BCUT2D eigenvalue weighted by Crippen LogP contribution is 2.08. The first kappa shape index (κ1) is 15.1. The number of carboxylic acids is 2. The predicted octanol–water partition coefficient (Wildman–Crippen LogP) is 1.08. The first-order valence-corrected chi connectivity index (χ1v) is 6.05. The van der Waals surface area contributed by atoms with Gasteiger partial charge in [0.05, 0.1) is 12.3 Å². The predicted molar refractivity (Wildman–Crippen MR) is 68.6 cm³/mol. The topological polar surface area (TPSA) is 90.7 Å². The maximum atomic E-state index is 10.9. The van der Waals surface area contributed by atoms with Crippen LogP contribution in [0.2, 0.25) is 0 Å². The summed E-state index contributed by atoms with van der Waals surface area (Å²) in [5.41, 5.74) is 0.984. The largest absolute Gasteiger partial charge is 0.481 e. The number of rotatable bonds is 8. The summed E-state index contributed by atoms with van der Waals surface area (Å²) in [6.45, 7) is 2.79. The second kappa shape index (κ2) is 7.48. The second-order valence-corrected chi connectivity index (χ2v) is 4.47. The molecule has 0 saturated heterocycles. The minimum Gasteiger partial charge on any atom is -0.481 e. The molecule has 0 fully saturated rings. The zero-order valence-electron chi connectivity index (χ0n) is 10.8. The molecule has 1 atom stereocenters. The van der Waals surface area contributed by atoms with E-state index in [0.29, 0.717) is 19.6 Å². The first-order chi connectivity index (χ1) is 8.99. The number of pyridine rings is 1. The van der Waals surface area contributed by atoms with Crippen LogP contribution in [0.4, 0.5) is 0 Å². The lowest BCUT2D eigenvalue weighted by atomic mass is 10.1. The number of hydrogen-bond donors (Lipinski definition) is 2. The standard InChI is InChI=1S/C13H18N2O4/c1-10(13(18)19)8-15(7-4-12(16)17)9-11-2-5-14-6-3-11/h2-3,5-6,10H,4,7-9H2,1H3,(H,16,17)(H,18,19). The van der Waals surface area contributed by atoms with E-state index in [2.05, 4.69) is 4.98 Å². The Bertz CT molecular complexity index is 422. The molecule has 1 aromatic rings. The highest BCUT2D eigenvalue weighted by molar-refractivity contribution is 5.69. The molecule has 1 unspecified atom stereocenters. The zero-order valence-corrected chi connectivity index (χ0v) is 10.8. The van der Waals surface area contributed by atoms with E-state index < -0.39 is 17.9 Å². The molecule has 0 aliphatic heterocycles. The minimum absolute atomic E-state index is 0.00256. The van der Waals surface area contributed by atoms with E-state index >= 15 is 0 Å². The summed E-state index contributed by atoms with van der Waals surface area (Å²) in [5.74, 6) is -2.30. The van der Waals surface area contributed by atoms with Crippen LogP contribution in [0.3, 0.4) is 0 Å². The Morgan fingerprint density at radius 1 is 1.32 bits per heavy atom. The lowest BCUT2D eigenvalue weighted by Gasteiger charge is -2.23. The van der Waals surface area contributed by atoms with Crippen molar-refractivity contribution >= 4 is 11.9 Å². The third-order valence-electron chi connectivity index (χ3n) is 2.75. The second-order valence-electron chi connectivity index (χ2n) is 4.47. The summed E-state index contributed by atoms with van der Waals surface area (Å²) in [7, 11) is 0. The van der Waals surface area contributed by atoms with Crippen molar-refractivity contribution in [2.45, 2.75) is 19.9 Å². The Hall–Kier alpha value is -1.95. The number of hydrogen-bond acceptors (Lipinski definition) is 4. The van der Waals surface area contributed by atoms with Crippen LogP contribution in [0.5, 0.6) is 0 Å². The molecule has 1 rings (SSSR count). The van der Waals surface area contributed by atoms with Crippen LogP contribution in [0.15, 0.2) is 24.5 Å². The number of carboxylic acid groups (broad SMARTS) is 2. The molecule has 0 bridgehead atoms. The van der Waals surface area contributed by atoms with Crippen LogP contribution in [-0.2, 0) is 16.1 Å². The van der Waals surface area contributed by atoms with Gasteiger partial charge in [0.1, 0.15) is 0 Å². The number of carbonyl (C=O) groups is 2. The van der Waals surface area contributed by atoms with Gasteiger partial charge in [-0.15, -0.1) is 0 Å². The normalized spacial score (nSPS) is 12.3. The number of nitrogens with zero attached hydrogens (tertiary/aromatic N) is 2. The Morgan fingerprint density at radius 2 is 1.95 bits per heavy atom. The van der Waals surface area contributed by atoms with Crippen molar-refractivity contribution in [3.05, 3.63) is 30.1 Å². The van der Waals surface area contributed by atoms with Crippen LogP contribution >= 0.6 is 0 Å². The molecule has 0 amide bonds. The summed E-state index contributed by atoms with van der Waals surface area (Å²) in [4.78, 5) is 27.2. The zero-order chi connectivity index (χ0) is 14.3. The Kier molecular flexibility index (Phi) is 5.95. The van der Waals surface area contributed by atoms with Crippen molar-refractivity contribution in [2.24, 2.45) is 5.92 Å². The summed E-state index contributed by atoms with van der Waals surface area (Å²) in [6.07, 6.45) is 3.31. The highest BCUT2D eigenvalue weighted by atomic mass is 16.4. The molecule has 2 N–H and O–H groups in total. The van der Waals surface area contributed by atoms with Crippen molar-refractivity contribution in [3.8, 4) is 0 Å². The van der Waals surface area contributed by atoms with Crippen LogP contribution in [0, 0.1) is 5.92 Å². The Morgan fingerprint density at radius 3 is 2.47 bits per heavy atom. The van der Waals surface area contributed by atoms with E-state index in [1.54, 1.807) is 19.3 Å². The average Bonchev–Trinajstić information content (AvgIpc) is 2.37. The van der Waals surface area contributed by atoms with E-state index in [4.69, 9.17) is 10.2 Å². The molecule has 1 heterocycles. The first-order valence-electron chi connectivity index (χ1n) is 6.05. The van der Waals surface area contributed by atoms with E-state index in [0.717, 1.165) is 5.56 Å². The molecule has 6 nitrogen and oxygen atoms in total. The van der Waals surface area contributed by atoms with E-state index in [9.17, 15) is 9.59 Å². The van der Waals surface area contributed by atoms with Gasteiger partial charge < -0.3 is 10.2 Å². The molecule has 0 aromatic carbocycles. The lowest BCUT2D eigenvalue weighted by Crippen LogP contribution is -2.33.